The summed E-state index contributed by atoms with van der Waals surface area (Å²) < 4.78 is 32.1. The van der Waals surface area contributed by atoms with E-state index in [1.165, 1.54) is 4.31 Å². The van der Waals surface area contributed by atoms with Crippen LogP contribution in [0.5, 0.6) is 5.75 Å². The molecule has 0 fully saturated rings. The van der Waals surface area contributed by atoms with Gasteiger partial charge in [0, 0.05) is 13.6 Å². The predicted molar refractivity (Wildman–Crippen MR) is 85.0 cm³/mol. The molecule has 0 radical (unpaired) electrons. The third kappa shape index (κ3) is 4.69. The minimum absolute atomic E-state index is 0.109. The maximum atomic E-state index is 12.7. The lowest BCUT2D eigenvalue weighted by Gasteiger charge is -2.27. The Labute approximate surface area is 128 Å². The minimum Gasteiger partial charge on any atom is -0.497 e. The SMILES string of the molecule is COc1ccc(S(=O)(=O)N(C)CC(C)(C)C)c(CCN)c1. The summed E-state index contributed by atoms with van der Waals surface area (Å²) in [4.78, 5) is 0.306. The summed E-state index contributed by atoms with van der Waals surface area (Å²) in [6, 6.07) is 5.00. The molecule has 0 saturated heterocycles. The summed E-state index contributed by atoms with van der Waals surface area (Å²) in [6.07, 6.45) is 0.495. The van der Waals surface area contributed by atoms with E-state index in [2.05, 4.69) is 0 Å². The van der Waals surface area contributed by atoms with Crippen molar-refractivity contribution in [3.63, 3.8) is 0 Å². The molecule has 21 heavy (non-hydrogen) atoms. The van der Waals surface area contributed by atoms with Crippen LogP contribution in [0.15, 0.2) is 23.1 Å². The highest BCUT2D eigenvalue weighted by atomic mass is 32.2. The Hall–Kier alpha value is -1.11. The topological polar surface area (TPSA) is 72.6 Å². The number of hydrogen-bond acceptors (Lipinski definition) is 4. The minimum atomic E-state index is -3.53. The van der Waals surface area contributed by atoms with Crippen molar-refractivity contribution in [1.82, 2.24) is 4.31 Å². The van der Waals surface area contributed by atoms with Crippen LogP contribution in [0.1, 0.15) is 26.3 Å². The molecule has 1 aromatic carbocycles. The fraction of sp³-hybridized carbons (Fsp3) is 0.600. The van der Waals surface area contributed by atoms with Crippen molar-refractivity contribution in [3.05, 3.63) is 23.8 Å². The monoisotopic (exact) mass is 314 g/mol. The smallest absolute Gasteiger partial charge is 0.243 e. The Morgan fingerprint density at radius 3 is 2.38 bits per heavy atom. The van der Waals surface area contributed by atoms with Gasteiger partial charge in [0.1, 0.15) is 5.75 Å². The lowest BCUT2D eigenvalue weighted by molar-refractivity contribution is 0.310. The fourth-order valence-corrected chi connectivity index (χ4v) is 3.83. The van der Waals surface area contributed by atoms with Gasteiger partial charge in [0.25, 0.3) is 0 Å². The molecular weight excluding hydrogens is 288 g/mol. The van der Waals surface area contributed by atoms with Gasteiger partial charge in [-0.15, -0.1) is 0 Å². The van der Waals surface area contributed by atoms with Crippen LogP contribution in [0.2, 0.25) is 0 Å². The highest BCUT2D eigenvalue weighted by Gasteiger charge is 2.27. The highest BCUT2D eigenvalue weighted by molar-refractivity contribution is 7.89. The number of benzene rings is 1. The largest absolute Gasteiger partial charge is 0.497 e. The van der Waals surface area contributed by atoms with Gasteiger partial charge in [-0.3, -0.25) is 0 Å². The first-order valence-corrected chi connectivity index (χ1v) is 8.39. The first-order chi connectivity index (χ1) is 9.61. The van der Waals surface area contributed by atoms with Crippen LogP contribution in [0, 0.1) is 5.41 Å². The van der Waals surface area contributed by atoms with Gasteiger partial charge in [0.15, 0.2) is 0 Å². The van der Waals surface area contributed by atoms with Crippen molar-refractivity contribution in [2.45, 2.75) is 32.1 Å². The molecule has 0 aliphatic rings. The molecule has 1 rings (SSSR count). The average molecular weight is 314 g/mol. The molecule has 0 saturated carbocycles. The van der Waals surface area contributed by atoms with Crippen LogP contribution in [0.3, 0.4) is 0 Å². The van der Waals surface area contributed by atoms with E-state index in [1.807, 2.05) is 20.8 Å². The Bertz CT molecular complexity index is 577. The molecule has 0 heterocycles. The first kappa shape index (κ1) is 17.9. The van der Waals surface area contributed by atoms with Gasteiger partial charge in [-0.1, -0.05) is 20.8 Å². The van der Waals surface area contributed by atoms with E-state index >= 15 is 0 Å². The number of nitrogens with two attached hydrogens (primary N) is 1. The lowest BCUT2D eigenvalue weighted by Crippen LogP contribution is -2.35. The van der Waals surface area contributed by atoms with E-state index in [1.54, 1.807) is 32.4 Å². The molecule has 2 N–H and O–H groups in total. The summed E-state index contributed by atoms with van der Waals surface area (Å²) in [5, 5.41) is 0. The summed E-state index contributed by atoms with van der Waals surface area (Å²) in [7, 11) is -0.363. The second-order valence-corrected chi connectivity index (χ2v) is 8.35. The molecule has 6 heteroatoms. The van der Waals surface area contributed by atoms with Crippen LogP contribution in [-0.4, -0.2) is 40.0 Å². The zero-order valence-corrected chi connectivity index (χ0v) is 14.3. The van der Waals surface area contributed by atoms with E-state index < -0.39 is 10.0 Å². The first-order valence-electron chi connectivity index (χ1n) is 6.95. The number of methoxy groups -OCH3 is 1. The van der Waals surface area contributed by atoms with Gasteiger partial charge in [0.05, 0.1) is 12.0 Å². The Kier molecular flexibility index (Phi) is 5.78. The summed E-state index contributed by atoms with van der Waals surface area (Å²) in [5.74, 6) is 0.635. The van der Waals surface area contributed by atoms with Crippen molar-refractivity contribution >= 4 is 10.0 Å². The molecule has 0 bridgehead atoms. The Balaban J connectivity index is 3.24. The Morgan fingerprint density at radius 2 is 1.90 bits per heavy atom. The van der Waals surface area contributed by atoms with E-state index in [4.69, 9.17) is 10.5 Å². The second kappa shape index (κ2) is 6.77. The van der Waals surface area contributed by atoms with Gasteiger partial charge in [-0.05, 0) is 42.1 Å². The molecular formula is C15H26N2O3S. The number of ether oxygens (including phenoxy) is 1. The van der Waals surface area contributed by atoms with E-state index in [0.717, 1.165) is 0 Å². The zero-order valence-electron chi connectivity index (χ0n) is 13.5. The summed E-state index contributed by atoms with van der Waals surface area (Å²) in [5.41, 5.74) is 6.18. The van der Waals surface area contributed by atoms with Crippen LogP contribution < -0.4 is 10.5 Å². The van der Waals surface area contributed by atoms with E-state index in [-0.39, 0.29) is 5.41 Å². The number of hydrogen-bond donors (Lipinski definition) is 1. The molecule has 1 aromatic rings. The quantitative estimate of drug-likeness (QED) is 0.870. The predicted octanol–water partition coefficient (Wildman–Crippen LogP) is 1.86. The number of rotatable bonds is 6. The molecule has 5 nitrogen and oxygen atoms in total. The van der Waals surface area contributed by atoms with Crippen molar-refractivity contribution in [2.75, 3.05) is 27.2 Å². The van der Waals surface area contributed by atoms with E-state index in [0.29, 0.717) is 35.7 Å². The van der Waals surface area contributed by atoms with Crippen molar-refractivity contribution in [3.8, 4) is 5.75 Å². The number of nitrogens with zero attached hydrogens (tertiary/aromatic N) is 1. The van der Waals surface area contributed by atoms with Gasteiger partial charge in [-0.2, -0.15) is 0 Å². The van der Waals surface area contributed by atoms with Crippen LogP contribution >= 0.6 is 0 Å². The lowest BCUT2D eigenvalue weighted by atomic mass is 9.97. The van der Waals surface area contributed by atoms with E-state index in [9.17, 15) is 8.42 Å². The van der Waals surface area contributed by atoms with Gasteiger partial charge in [-0.25, -0.2) is 12.7 Å². The molecule has 0 aliphatic heterocycles. The molecule has 0 atom stereocenters. The molecule has 0 spiro atoms. The maximum absolute atomic E-state index is 12.7. The third-order valence-corrected chi connectivity index (χ3v) is 4.97. The summed E-state index contributed by atoms with van der Waals surface area (Å²) >= 11 is 0. The normalized spacial score (nSPS) is 12.7. The van der Waals surface area contributed by atoms with Crippen LogP contribution in [0.4, 0.5) is 0 Å². The molecule has 0 unspecified atom stereocenters. The fourth-order valence-electron chi connectivity index (χ4n) is 2.21. The van der Waals surface area contributed by atoms with Gasteiger partial charge in [0.2, 0.25) is 10.0 Å². The van der Waals surface area contributed by atoms with Crippen molar-refractivity contribution in [1.29, 1.82) is 0 Å². The third-order valence-electron chi connectivity index (χ3n) is 3.07. The molecule has 0 amide bonds. The number of sulfonamides is 1. The standard InChI is InChI=1S/C15H26N2O3S/c1-15(2,3)11-17(4)21(18,19)14-7-6-13(20-5)10-12(14)8-9-16/h6-7,10H,8-9,11,16H2,1-5H3. The van der Waals surface area contributed by atoms with Gasteiger partial charge < -0.3 is 10.5 Å². The van der Waals surface area contributed by atoms with Crippen molar-refractivity contribution < 1.29 is 13.2 Å². The zero-order chi connectivity index (χ0) is 16.3. The average Bonchev–Trinajstić information content (AvgIpc) is 2.36. The van der Waals surface area contributed by atoms with Gasteiger partial charge >= 0.3 is 0 Å². The molecule has 120 valence electrons. The van der Waals surface area contributed by atoms with Crippen molar-refractivity contribution in [2.24, 2.45) is 11.1 Å². The Morgan fingerprint density at radius 1 is 1.29 bits per heavy atom. The maximum Gasteiger partial charge on any atom is 0.243 e. The summed E-state index contributed by atoms with van der Waals surface area (Å²) in [6.45, 7) is 6.86. The molecule has 0 aromatic heterocycles. The molecule has 0 aliphatic carbocycles. The van der Waals surface area contributed by atoms with Crippen LogP contribution in [-0.2, 0) is 16.4 Å². The second-order valence-electron chi connectivity index (χ2n) is 6.33. The highest BCUT2D eigenvalue weighted by Crippen LogP contribution is 2.26. The van der Waals surface area contributed by atoms with Crippen LogP contribution in [0.25, 0.3) is 0 Å².